The van der Waals surface area contributed by atoms with E-state index in [0.29, 0.717) is 6.08 Å². The lowest BCUT2D eigenvalue weighted by molar-refractivity contribution is -0.184. The van der Waals surface area contributed by atoms with Crippen molar-refractivity contribution in [2.75, 3.05) is 6.54 Å². The molecule has 19 heavy (non-hydrogen) atoms. The molecule has 7 heteroatoms. The van der Waals surface area contributed by atoms with Gasteiger partial charge in [0, 0.05) is 6.54 Å². The van der Waals surface area contributed by atoms with Crippen LogP contribution in [0.4, 0.5) is 18.0 Å². The maximum atomic E-state index is 12.4. The van der Waals surface area contributed by atoms with Crippen molar-refractivity contribution in [3.63, 3.8) is 0 Å². The number of nitrogens with one attached hydrogen (secondary N) is 1. The Bertz CT molecular complexity index is 310. The molecule has 0 fully saturated rings. The van der Waals surface area contributed by atoms with E-state index in [4.69, 9.17) is 4.74 Å². The molecule has 0 spiro atoms. The molecule has 0 aromatic rings. The number of hydrogen-bond acceptors (Lipinski definition) is 3. The smallest absolute Gasteiger partial charge is 0.407 e. The van der Waals surface area contributed by atoms with Gasteiger partial charge in [-0.3, -0.25) is 0 Å². The van der Waals surface area contributed by atoms with Crippen LogP contribution in [0.2, 0.25) is 0 Å². The monoisotopic (exact) mass is 283 g/mol. The molecule has 4 nitrogen and oxygen atoms in total. The average molecular weight is 283 g/mol. The maximum Gasteiger partial charge on any atom is 0.407 e. The molecule has 112 valence electrons. The van der Waals surface area contributed by atoms with Crippen LogP contribution in [0.25, 0.3) is 0 Å². The second kappa shape index (κ2) is 6.79. The van der Waals surface area contributed by atoms with Gasteiger partial charge in [0.25, 0.3) is 0 Å². The third-order valence-corrected chi connectivity index (χ3v) is 2.15. The fourth-order valence-corrected chi connectivity index (χ4v) is 1.32. The molecule has 0 radical (unpaired) electrons. The van der Waals surface area contributed by atoms with Crippen molar-refractivity contribution in [3.8, 4) is 0 Å². The summed E-state index contributed by atoms with van der Waals surface area (Å²) in [5.74, 6) is -2.01. The van der Waals surface area contributed by atoms with Gasteiger partial charge in [0.05, 0.1) is 12.0 Å². The molecule has 0 aromatic heterocycles. The van der Waals surface area contributed by atoms with Gasteiger partial charge >= 0.3 is 12.3 Å². The summed E-state index contributed by atoms with van der Waals surface area (Å²) in [5.41, 5.74) is -0.682. The summed E-state index contributed by atoms with van der Waals surface area (Å²) in [6, 6.07) is 0. The predicted octanol–water partition coefficient (Wildman–Crippen LogP) is 2.63. The van der Waals surface area contributed by atoms with Crippen molar-refractivity contribution in [2.24, 2.45) is 5.92 Å². The fraction of sp³-hybridized carbons (Fsp3) is 0.750. The summed E-state index contributed by atoms with van der Waals surface area (Å²) in [6.45, 7) is 7.93. The standard InChI is InChI=1S/C12H20F3NO3/c1-5-8(12(13,14)15)9(17)6-7-16-10(18)19-11(2,3)4/h5,8-9,17H,1,6-7H2,2-4H3,(H,16,18)/t8-,9+/m1/s1. The van der Waals surface area contributed by atoms with Gasteiger partial charge in [0.15, 0.2) is 0 Å². The van der Waals surface area contributed by atoms with Crippen LogP contribution in [0.1, 0.15) is 27.2 Å². The Morgan fingerprint density at radius 3 is 2.32 bits per heavy atom. The lowest BCUT2D eigenvalue weighted by Gasteiger charge is -2.23. The third-order valence-electron chi connectivity index (χ3n) is 2.15. The molecule has 0 aromatic carbocycles. The zero-order chi connectivity index (χ0) is 15.3. The molecule has 2 atom stereocenters. The van der Waals surface area contributed by atoms with Crippen molar-refractivity contribution < 1.29 is 27.8 Å². The van der Waals surface area contributed by atoms with E-state index in [9.17, 15) is 23.1 Å². The van der Waals surface area contributed by atoms with E-state index in [-0.39, 0.29) is 13.0 Å². The molecule has 1 amide bonds. The minimum absolute atomic E-state index is 0.115. The van der Waals surface area contributed by atoms with Crippen molar-refractivity contribution in [1.29, 1.82) is 0 Å². The van der Waals surface area contributed by atoms with E-state index >= 15 is 0 Å². The first-order valence-electron chi connectivity index (χ1n) is 5.81. The number of halogens is 3. The molecule has 0 saturated heterocycles. The molecule has 0 heterocycles. The molecule has 0 bridgehead atoms. The second-order valence-corrected chi connectivity index (χ2v) is 5.09. The van der Waals surface area contributed by atoms with E-state index < -0.39 is 29.9 Å². The number of aliphatic hydroxyl groups is 1. The Balaban J connectivity index is 4.14. The van der Waals surface area contributed by atoms with Crippen LogP contribution >= 0.6 is 0 Å². The molecule has 2 N–H and O–H groups in total. The summed E-state index contributed by atoms with van der Waals surface area (Å²) in [4.78, 5) is 11.2. The van der Waals surface area contributed by atoms with Crippen LogP contribution in [-0.2, 0) is 4.74 Å². The minimum Gasteiger partial charge on any atom is -0.444 e. The summed E-state index contributed by atoms with van der Waals surface area (Å²) < 4.78 is 42.2. The second-order valence-electron chi connectivity index (χ2n) is 5.09. The Labute approximate surface area is 110 Å². The van der Waals surface area contributed by atoms with Crippen molar-refractivity contribution >= 4 is 6.09 Å². The minimum atomic E-state index is -4.55. The number of ether oxygens (including phenoxy) is 1. The van der Waals surface area contributed by atoms with E-state index in [2.05, 4.69) is 11.9 Å². The summed E-state index contributed by atoms with van der Waals surface area (Å²) >= 11 is 0. The topological polar surface area (TPSA) is 58.6 Å². The quantitative estimate of drug-likeness (QED) is 0.763. The molecule has 0 aliphatic heterocycles. The molecule has 0 rings (SSSR count). The van der Waals surface area contributed by atoms with Gasteiger partial charge in [-0.05, 0) is 27.2 Å². The molecule has 0 saturated carbocycles. The summed E-state index contributed by atoms with van der Waals surface area (Å²) in [5, 5.41) is 11.7. The van der Waals surface area contributed by atoms with Crippen molar-refractivity contribution in [1.82, 2.24) is 5.32 Å². The number of amides is 1. The SMILES string of the molecule is C=C[C@H]([C@@H](O)CCNC(=O)OC(C)(C)C)C(F)(F)F. The molecule has 0 aliphatic carbocycles. The fourth-order valence-electron chi connectivity index (χ4n) is 1.32. The lowest BCUT2D eigenvalue weighted by Crippen LogP contribution is -2.37. The first-order chi connectivity index (χ1) is 8.47. The number of alkyl halides is 3. The van der Waals surface area contributed by atoms with Crippen LogP contribution in [0, 0.1) is 5.92 Å². The van der Waals surface area contributed by atoms with Crippen LogP contribution < -0.4 is 5.32 Å². The largest absolute Gasteiger partial charge is 0.444 e. The first kappa shape index (κ1) is 17.8. The summed E-state index contributed by atoms with van der Waals surface area (Å²) in [6.07, 6.45) is -6.52. The van der Waals surface area contributed by atoms with E-state index in [1.807, 2.05) is 0 Å². The number of aliphatic hydroxyl groups excluding tert-OH is 1. The third kappa shape index (κ3) is 7.71. The average Bonchev–Trinajstić information content (AvgIpc) is 2.12. The molecule has 0 unspecified atom stereocenters. The Morgan fingerprint density at radius 2 is 1.95 bits per heavy atom. The first-order valence-corrected chi connectivity index (χ1v) is 5.81. The van der Waals surface area contributed by atoms with E-state index in [1.54, 1.807) is 20.8 Å². The predicted molar refractivity (Wildman–Crippen MR) is 64.6 cm³/mol. The van der Waals surface area contributed by atoms with Gasteiger partial charge in [-0.2, -0.15) is 13.2 Å². The number of alkyl carbamates (subject to hydrolysis) is 1. The van der Waals surface area contributed by atoms with Gasteiger partial charge in [-0.25, -0.2) is 4.79 Å². The van der Waals surface area contributed by atoms with Gasteiger partial charge in [0.2, 0.25) is 0 Å². The number of rotatable bonds is 5. The van der Waals surface area contributed by atoms with Gasteiger partial charge in [-0.15, -0.1) is 6.58 Å². The highest BCUT2D eigenvalue weighted by molar-refractivity contribution is 5.67. The van der Waals surface area contributed by atoms with Gasteiger partial charge < -0.3 is 15.2 Å². The van der Waals surface area contributed by atoms with E-state index in [1.165, 1.54) is 0 Å². The molecular formula is C12H20F3NO3. The van der Waals surface area contributed by atoms with Gasteiger partial charge in [0.1, 0.15) is 5.60 Å². The maximum absolute atomic E-state index is 12.4. The van der Waals surface area contributed by atoms with E-state index in [0.717, 1.165) is 0 Å². The zero-order valence-electron chi connectivity index (χ0n) is 11.3. The Hall–Kier alpha value is -1.24. The highest BCUT2D eigenvalue weighted by atomic mass is 19.4. The van der Waals surface area contributed by atoms with Crippen LogP contribution in [0.5, 0.6) is 0 Å². The van der Waals surface area contributed by atoms with Crippen LogP contribution in [0.3, 0.4) is 0 Å². The number of carbonyl (C=O) groups is 1. The Morgan fingerprint density at radius 1 is 1.42 bits per heavy atom. The zero-order valence-corrected chi connectivity index (χ0v) is 11.3. The van der Waals surface area contributed by atoms with Crippen molar-refractivity contribution in [2.45, 2.75) is 45.1 Å². The summed E-state index contributed by atoms with van der Waals surface area (Å²) in [7, 11) is 0. The molecular weight excluding hydrogens is 263 g/mol. The van der Waals surface area contributed by atoms with Gasteiger partial charge in [-0.1, -0.05) is 6.08 Å². The lowest BCUT2D eigenvalue weighted by atomic mass is 9.99. The van der Waals surface area contributed by atoms with Crippen LogP contribution in [-0.4, -0.2) is 35.6 Å². The molecule has 0 aliphatic rings. The highest BCUT2D eigenvalue weighted by Gasteiger charge is 2.41. The number of hydrogen-bond donors (Lipinski definition) is 2. The highest BCUT2D eigenvalue weighted by Crippen LogP contribution is 2.30. The normalized spacial score (nSPS) is 15.5. The Kier molecular flexibility index (Phi) is 6.35. The van der Waals surface area contributed by atoms with Crippen molar-refractivity contribution in [3.05, 3.63) is 12.7 Å². The number of carbonyl (C=O) groups excluding carboxylic acids is 1. The van der Waals surface area contributed by atoms with Crippen LogP contribution in [0.15, 0.2) is 12.7 Å².